The van der Waals surface area contributed by atoms with Gasteiger partial charge in [-0.3, -0.25) is 23.6 Å². The van der Waals surface area contributed by atoms with Crippen LogP contribution in [0.2, 0.25) is 0 Å². The van der Waals surface area contributed by atoms with Crippen molar-refractivity contribution >= 4 is 33.9 Å². The molecule has 1 fully saturated rings. The van der Waals surface area contributed by atoms with Crippen molar-refractivity contribution in [1.82, 2.24) is 14.0 Å². The van der Waals surface area contributed by atoms with E-state index in [1.54, 1.807) is 17.9 Å². The number of piperazine rings is 1. The number of rotatable bonds is 8. The molecule has 0 atom stereocenters. The average molecular weight is 459 g/mol. The molecule has 3 heterocycles. The van der Waals surface area contributed by atoms with Crippen LogP contribution in [0.15, 0.2) is 44.6 Å². The van der Waals surface area contributed by atoms with Crippen LogP contribution in [0.5, 0.6) is 5.75 Å². The molecule has 0 saturated carbocycles. The zero-order valence-electron chi connectivity index (χ0n) is 17.9. The Hall–Kier alpha value is -3.11. The van der Waals surface area contributed by atoms with E-state index in [0.29, 0.717) is 17.4 Å². The lowest BCUT2D eigenvalue weighted by Gasteiger charge is -2.36. The van der Waals surface area contributed by atoms with Crippen molar-refractivity contribution in [1.29, 1.82) is 0 Å². The molecule has 2 aromatic heterocycles. The highest BCUT2D eigenvalue weighted by Gasteiger charge is 2.19. The monoisotopic (exact) mass is 458 g/mol. The number of thiophene rings is 1. The number of ether oxygens (including phenoxy) is 1. The summed E-state index contributed by atoms with van der Waals surface area (Å²) in [5.74, 6) is -0.153. The smallest absolute Gasteiger partial charge is 0.331 e. The number of carboxylic acid groups (broad SMARTS) is 1. The summed E-state index contributed by atoms with van der Waals surface area (Å²) in [6.45, 7) is 4.22. The molecule has 32 heavy (non-hydrogen) atoms. The Balaban J connectivity index is 1.45. The highest BCUT2D eigenvalue weighted by Crippen LogP contribution is 2.22. The van der Waals surface area contributed by atoms with Gasteiger partial charge >= 0.3 is 11.7 Å². The van der Waals surface area contributed by atoms with Crippen LogP contribution >= 0.6 is 11.3 Å². The lowest BCUT2D eigenvalue weighted by molar-refractivity contribution is -0.137. The van der Waals surface area contributed by atoms with Gasteiger partial charge in [-0.1, -0.05) is 6.07 Å². The second kappa shape index (κ2) is 9.58. The number of aryl methyl sites for hydroxylation is 1. The molecule has 1 saturated heterocycles. The number of carboxylic acids is 1. The molecule has 10 heteroatoms. The maximum absolute atomic E-state index is 13.0. The first-order valence-corrected chi connectivity index (χ1v) is 11.4. The zero-order chi connectivity index (χ0) is 22.7. The third kappa shape index (κ3) is 4.56. The Bertz CT molecular complexity index is 1220. The number of methoxy groups -OCH3 is 1. The fraction of sp³-hybridized carbons (Fsp3) is 0.409. The van der Waals surface area contributed by atoms with E-state index in [1.165, 1.54) is 20.5 Å². The van der Waals surface area contributed by atoms with Crippen molar-refractivity contribution in [3.05, 3.63) is 55.9 Å². The SMILES string of the molecule is COc1cccc(N2CCN(CCn3c(=O)c4cscc4n(CCC(=O)O)c3=O)CC2)c1. The minimum atomic E-state index is -0.980. The zero-order valence-corrected chi connectivity index (χ0v) is 18.7. The number of nitrogens with zero attached hydrogens (tertiary/aromatic N) is 4. The van der Waals surface area contributed by atoms with E-state index in [0.717, 1.165) is 37.6 Å². The highest BCUT2D eigenvalue weighted by atomic mass is 32.1. The summed E-state index contributed by atoms with van der Waals surface area (Å²) in [7, 11) is 1.65. The van der Waals surface area contributed by atoms with Crippen molar-refractivity contribution < 1.29 is 14.6 Å². The van der Waals surface area contributed by atoms with Crippen LogP contribution in [0, 0.1) is 0 Å². The molecule has 3 aromatic rings. The van der Waals surface area contributed by atoms with Gasteiger partial charge in [-0.25, -0.2) is 4.79 Å². The van der Waals surface area contributed by atoms with Crippen LogP contribution in [0.25, 0.3) is 10.9 Å². The highest BCUT2D eigenvalue weighted by molar-refractivity contribution is 7.09. The molecule has 170 valence electrons. The minimum Gasteiger partial charge on any atom is -0.497 e. The molecular weight excluding hydrogens is 432 g/mol. The Kier molecular flexibility index (Phi) is 6.61. The van der Waals surface area contributed by atoms with E-state index < -0.39 is 11.7 Å². The first kappa shape index (κ1) is 22.1. The number of hydrogen-bond donors (Lipinski definition) is 1. The second-order valence-corrected chi connectivity index (χ2v) is 8.48. The number of aliphatic carboxylic acids is 1. The summed E-state index contributed by atoms with van der Waals surface area (Å²) in [5, 5.41) is 12.9. The second-order valence-electron chi connectivity index (χ2n) is 7.74. The third-order valence-corrected chi connectivity index (χ3v) is 6.58. The number of hydrogen-bond acceptors (Lipinski definition) is 7. The van der Waals surface area contributed by atoms with E-state index in [1.807, 2.05) is 18.2 Å². The van der Waals surface area contributed by atoms with Crippen LogP contribution in [0.1, 0.15) is 6.42 Å². The van der Waals surface area contributed by atoms with Crippen molar-refractivity contribution in [2.24, 2.45) is 0 Å². The molecule has 1 N–H and O–H groups in total. The number of carbonyl (C=O) groups is 1. The number of aromatic nitrogens is 2. The van der Waals surface area contributed by atoms with E-state index in [-0.39, 0.29) is 25.1 Å². The van der Waals surface area contributed by atoms with Crippen LogP contribution in [-0.4, -0.2) is 64.9 Å². The van der Waals surface area contributed by atoms with Crippen molar-refractivity contribution in [2.45, 2.75) is 19.5 Å². The summed E-state index contributed by atoms with van der Waals surface area (Å²) in [6.07, 6.45) is -0.171. The molecule has 0 bridgehead atoms. The molecule has 0 aliphatic carbocycles. The minimum absolute atomic E-state index is 0.0426. The summed E-state index contributed by atoms with van der Waals surface area (Å²) in [6, 6.07) is 7.98. The van der Waals surface area contributed by atoms with Crippen LogP contribution in [0.4, 0.5) is 5.69 Å². The molecule has 1 aromatic carbocycles. The molecular formula is C22H26N4O5S. The summed E-state index contributed by atoms with van der Waals surface area (Å²) in [5.41, 5.74) is 0.865. The fourth-order valence-electron chi connectivity index (χ4n) is 4.04. The Morgan fingerprint density at radius 2 is 1.84 bits per heavy atom. The predicted molar refractivity (Wildman–Crippen MR) is 124 cm³/mol. The Morgan fingerprint density at radius 3 is 2.56 bits per heavy atom. The molecule has 9 nitrogen and oxygen atoms in total. The average Bonchev–Trinajstić information content (AvgIpc) is 3.29. The molecule has 0 amide bonds. The number of anilines is 1. The van der Waals surface area contributed by atoms with Gasteiger partial charge in [0.25, 0.3) is 5.56 Å². The lowest BCUT2D eigenvalue weighted by atomic mass is 10.2. The van der Waals surface area contributed by atoms with Crippen LogP contribution < -0.4 is 20.9 Å². The van der Waals surface area contributed by atoms with Gasteiger partial charge in [0.1, 0.15) is 5.75 Å². The van der Waals surface area contributed by atoms with E-state index >= 15 is 0 Å². The van der Waals surface area contributed by atoms with Crippen molar-refractivity contribution in [3.8, 4) is 5.75 Å². The van der Waals surface area contributed by atoms with Crippen molar-refractivity contribution in [2.75, 3.05) is 44.7 Å². The Labute approximate surface area is 188 Å². The summed E-state index contributed by atoms with van der Waals surface area (Å²) < 4.78 is 7.95. The molecule has 1 aliphatic heterocycles. The molecule has 4 rings (SSSR count). The normalized spacial score (nSPS) is 14.7. The van der Waals surface area contributed by atoms with Crippen LogP contribution in [0.3, 0.4) is 0 Å². The first-order chi connectivity index (χ1) is 15.5. The van der Waals surface area contributed by atoms with Gasteiger partial charge in [0.15, 0.2) is 0 Å². The quantitative estimate of drug-likeness (QED) is 0.547. The predicted octanol–water partition coefficient (Wildman–Crippen LogP) is 1.53. The van der Waals surface area contributed by atoms with Gasteiger partial charge in [0.2, 0.25) is 0 Å². The maximum Gasteiger partial charge on any atom is 0.331 e. The molecule has 0 radical (unpaired) electrons. The third-order valence-electron chi connectivity index (χ3n) is 5.85. The van der Waals surface area contributed by atoms with Gasteiger partial charge in [-0.05, 0) is 12.1 Å². The first-order valence-electron chi connectivity index (χ1n) is 10.5. The van der Waals surface area contributed by atoms with Crippen LogP contribution in [-0.2, 0) is 17.9 Å². The summed E-state index contributed by atoms with van der Waals surface area (Å²) in [4.78, 5) is 41.4. The van der Waals surface area contributed by atoms with Gasteiger partial charge in [0.05, 0.1) is 24.4 Å². The van der Waals surface area contributed by atoms with Gasteiger partial charge in [0, 0.05) is 68.3 Å². The van der Waals surface area contributed by atoms with E-state index in [2.05, 4.69) is 15.9 Å². The maximum atomic E-state index is 13.0. The number of benzene rings is 1. The van der Waals surface area contributed by atoms with Gasteiger partial charge in [-0.15, -0.1) is 11.3 Å². The topological polar surface area (TPSA) is 97.0 Å². The lowest BCUT2D eigenvalue weighted by Crippen LogP contribution is -2.49. The standard InChI is InChI=1S/C22H26N4O5S/c1-31-17-4-2-3-16(13-17)24-10-7-23(8-11-24)9-12-26-21(29)18-14-32-15-19(18)25(22(26)30)6-5-20(27)28/h2-4,13-15H,5-12H2,1H3,(H,27,28). The largest absolute Gasteiger partial charge is 0.497 e. The fourth-order valence-corrected chi connectivity index (χ4v) is 4.85. The summed E-state index contributed by atoms with van der Waals surface area (Å²) >= 11 is 1.33. The van der Waals surface area contributed by atoms with Gasteiger partial charge < -0.3 is 14.7 Å². The Morgan fingerprint density at radius 1 is 1.06 bits per heavy atom. The van der Waals surface area contributed by atoms with E-state index in [9.17, 15) is 14.4 Å². The van der Waals surface area contributed by atoms with Crippen molar-refractivity contribution in [3.63, 3.8) is 0 Å². The number of fused-ring (bicyclic) bond motifs is 1. The molecule has 1 aliphatic rings. The van der Waals surface area contributed by atoms with Gasteiger partial charge in [-0.2, -0.15) is 0 Å². The molecule has 0 unspecified atom stereocenters. The molecule has 0 spiro atoms. The van der Waals surface area contributed by atoms with E-state index in [4.69, 9.17) is 9.84 Å².